The normalized spacial score (nSPS) is 17.8. The van der Waals surface area contributed by atoms with Gasteiger partial charge in [-0.3, -0.25) is 0 Å². The quantitative estimate of drug-likeness (QED) is 0.824. The molecule has 4 heteroatoms. The van der Waals surface area contributed by atoms with E-state index in [2.05, 4.69) is 4.98 Å². The molecule has 2 N–H and O–H groups in total. The first-order chi connectivity index (χ1) is 7.88. The van der Waals surface area contributed by atoms with Crippen LogP contribution in [0.1, 0.15) is 30.9 Å². The Bertz CT molecular complexity index is 306. The molecule has 0 atom stereocenters. The summed E-state index contributed by atoms with van der Waals surface area (Å²) in [5.41, 5.74) is 5.46. The van der Waals surface area contributed by atoms with Gasteiger partial charge in [0.05, 0.1) is 6.20 Å². The van der Waals surface area contributed by atoms with Crippen LogP contribution in [0.2, 0.25) is 0 Å². The zero-order valence-electron chi connectivity index (χ0n) is 9.65. The van der Waals surface area contributed by atoms with Gasteiger partial charge in [-0.1, -0.05) is 0 Å². The largest absolute Gasteiger partial charge is 0.446 e. The third-order valence-electron chi connectivity index (χ3n) is 3.03. The van der Waals surface area contributed by atoms with E-state index in [9.17, 15) is 0 Å². The van der Waals surface area contributed by atoms with Gasteiger partial charge in [0, 0.05) is 26.1 Å². The lowest BCUT2D eigenvalue weighted by Gasteiger charge is -2.20. The van der Waals surface area contributed by atoms with E-state index >= 15 is 0 Å². The van der Waals surface area contributed by atoms with Gasteiger partial charge in [0.2, 0.25) is 0 Å². The molecule has 90 valence electrons. The predicted octanol–water partition coefficient (Wildman–Crippen LogP) is 1.53. The molecule has 0 bridgehead atoms. The van der Waals surface area contributed by atoms with E-state index in [-0.39, 0.29) is 0 Å². The number of aryl methyl sites for hydroxylation is 1. The standard InChI is InChI=1S/C12H20N2O2/c13-5-1-2-11-9-14-12(16-11)8-10-3-6-15-7-4-10/h9-10H,1-8,13H2. The molecule has 0 aliphatic carbocycles. The Labute approximate surface area is 96.2 Å². The van der Waals surface area contributed by atoms with Crippen molar-refractivity contribution in [2.24, 2.45) is 11.7 Å². The van der Waals surface area contributed by atoms with Crippen LogP contribution in [0.3, 0.4) is 0 Å². The number of hydrogen-bond acceptors (Lipinski definition) is 4. The third-order valence-corrected chi connectivity index (χ3v) is 3.03. The fourth-order valence-corrected chi connectivity index (χ4v) is 2.03. The highest BCUT2D eigenvalue weighted by atomic mass is 16.5. The topological polar surface area (TPSA) is 61.3 Å². The minimum absolute atomic E-state index is 0.676. The summed E-state index contributed by atoms with van der Waals surface area (Å²) in [7, 11) is 0. The van der Waals surface area contributed by atoms with E-state index in [1.54, 1.807) is 0 Å². The second-order valence-electron chi connectivity index (χ2n) is 4.37. The van der Waals surface area contributed by atoms with Crippen molar-refractivity contribution in [1.82, 2.24) is 4.98 Å². The first kappa shape index (κ1) is 11.6. The summed E-state index contributed by atoms with van der Waals surface area (Å²) in [5.74, 6) is 2.51. The van der Waals surface area contributed by atoms with Crippen LogP contribution in [0.25, 0.3) is 0 Å². The lowest BCUT2D eigenvalue weighted by Crippen LogP contribution is -2.17. The van der Waals surface area contributed by atoms with Crippen molar-refractivity contribution >= 4 is 0 Å². The Balaban J connectivity index is 1.81. The smallest absolute Gasteiger partial charge is 0.194 e. The zero-order valence-corrected chi connectivity index (χ0v) is 9.65. The van der Waals surface area contributed by atoms with Gasteiger partial charge >= 0.3 is 0 Å². The van der Waals surface area contributed by atoms with Crippen LogP contribution in [0.4, 0.5) is 0 Å². The number of nitrogens with two attached hydrogens (primary N) is 1. The van der Waals surface area contributed by atoms with Gasteiger partial charge in [0.1, 0.15) is 5.76 Å². The third kappa shape index (κ3) is 3.32. The maximum absolute atomic E-state index is 5.68. The maximum atomic E-state index is 5.68. The van der Waals surface area contributed by atoms with Crippen LogP contribution in [-0.4, -0.2) is 24.7 Å². The number of ether oxygens (including phenoxy) is 1. The second-order valence-corrected chi connectivity index (χ2v) is 4.37. The molecule has 16 heavy (non-hydrogen) atoms. The minimum Gasteiger partial charge on any atom is -0.446 e. The maximum Gasteiger partial charge on any atom is 0.194 e. The van der Waals surface area contributed by atoms with E-state index in [1.807, 2.05) is 6.20 Å². The van der Waals surface area contributed by atoms with Crippen LogP contribution in [-0.2, 0) is 17.6 Å². The van der Waals surface area contributed by atoms with E-state index in [4.69, 9.17) is 14.9 Å². The lowest BCUT2D eigenvalue weighted by molar-refractivity contribution is 0.0646. The van der Waals surface area contributed by atoms with Crippen molar-refractivity contribution in [1.29, 1.82) is 0 Å². The van der Waals surface area contributed by atoms with Crippen molar-refractivity contribution in [2.45, 2.75) is 32.1 Å². The molecular weight excluding hydrogens is 204 g/mol. The molecule has 2 rings (SSSR count). The Morgan fingerprint density at radius 1 is 1.38 bits per heavy atom. The SMILES string of the molecule is NCCCc1cnc(CC2CCOCC2)o1. The average Bonchev–Trinajstić information content (AvgIpc) is 2.75. The van der Waals surface area contributed by atoms with Gasteiger partial charge in [-0.25, -0.2) is 4.98 Å². The highest BCUT2D eigenvalue weighted by molar-refractivity contribution is 4.95. The summed E-state index contributed by atoms with van der Waals surface area (Å²) in [6.45, 7) is 2.47. The summed E-state index contributed by atoms with van der Waals surface area (Å²) in [5, 5.41) is 0. The van der Waals surface area contributed by atoms with Crippen LogP contribution in [0, 0.1) is 5.92 Å². The second kappa shape index (κ2) is 6.01. The van der Waals surface area contributed by atoms with Gasteiger partial charge in [0.15, 0.2) is 5.89 Å². The number of rotatable bonds is 5. The Morgan fingerprint density at radius 3 is 2.94 bits per heavy atom. The highest BCUT2D eigenvalue weighted by Gasteiger charge is 2.16. The van der Waals surface area contributed by atoms with Crippen molar-refractivity contribution in [2.75, 3.05) is 19.8 Å². The first-order valence-electron chi connectivity index (χ1n) is 6.10. The Morgan fingerprint density at radius 2 is 2.19 bits per heavy atom. The van der Waals surface area contributed by atoms with E-state index in [0.717, 1.165) is 57.0 Å². The summed E-state index contributed by atoms with van der Waals surface area (Å²) in [4.78, 5) is 4.31. The predicted molar refractivity (Wildman–Crippen MR) is 61.1 cm³/mol. The highest BCUT2D eigenvalue weighted by Crippen LogP contribution is 2.20. The van der Waals surface area contributed by atoms with Gasteiger partial charge < -0.3 is 14.9 Å². The molecule has 1 saturated heterocycles. The van der Waals surface area contributed by atoms with Gasteiger partial charge in [-0.15, -0.1) is 0 Å². The molecule has 1 fully saturated rings. The first-order valence-corrected chi connectivity index (χ1v) is 6.10. The monoisotopic (exact) mass is 224 g/mol. The molecule has 1 aromatic heterocycles. The molecule has 1 aliphatic heterocycles. The van der Waals surface area contributed by atoms with Gasteiger partial charge in [-0.05, 0) is 31.7 Å². The molecule has 0 amide bonds. The number of nitrogens with zero attached hydrogens (tertiary/aromatic N) is 1. The van der Waals surface area contributed by atoms with Crippen LogP contribution in [0.15, 0.2) is 10.6 Å². The van der Waals surface area contributed by atoms with Gasteiger partial charge in [0.25, 0.3) is 0 Å². The fraction of sp³-hybridized carbons (Fsp3) is 0.750. The van der Waals surface area contributed by atoms with Crippen LogP contribution in [0.5, 0.6) is 0 Å². The van der Waals surface area contributed by atoms with E-state index in [1.165, 1.54) is 0 Å². The van der Waals surface area contributed by atoms with Crippen molar-refractivity contribution in [3.05, 3.63) is 17.8 Å². The number of hydrogen-bond donors (Lipinski definition) is 1. The van der Waals surface area contributed by atoms with Crippen LogP contribution >= 0.6 is 0 Å². The van der Waals surface area contributed by atoms with Crippen molar-refractivity contribution in [3.63, 3.8) is 0 Å². The number of oxazole rings is 1. The molecule has 0 unspecified atom stereocenters. The molecule has 0 spiro atoms. The molecular formula is C12H20N2O2. The zero-order chi connectivity index (χ0) is 11.2. The molecule has 0 saturated carbocycles. The summed E-state index contributed by atoms with van der Waals surface area (Å²) >= 11 is 0. The minimum atomic E-state index is 0.676. The summed E-state index contributed by atoms with van der Waals surface area (Å²) in [6.07, 6.45) is 6.90. The number of aromatic nitrogens is 1. The Kier molecular flexibility index (Phi) is 4.36. The van der Waals surface area contributed by atoms with E-state index < -0.39 is 0 Å². The van der Waals surface area contributed by atoms with Gasteiger partial charge in [-0.2, -0.15) is 0 Å². The van der Waals surface area contributed by atoms with Crippen LogP contribution < -0.4 is 5.73 Å². The lowest BCUT2D eigenvalue weighted by atomic mass is 9.97. The molecule has 0 aromatic carbocycles. The van der Waals surface area contributed by atoms with Crippen molar-refractivity contribution in [3.8, 4) is 0 Å². The van der Waals surface area contributed by atoms with Crippen molar-refractivity contribution < 1.29 is 9.15 Å². The molecule has 2 heterocycles. The summed E-state index contributed by atoms with van der Waals surface area (Å²) in [6, 6.07) is 0. The molecule has 0 radical (unpaired) electrons. The molecule has 1 aliphatic rings. The fourth-order valence-electron chi connectivity index (χ4n) is 2.03. The summed E-state index contributed by atoms with van der Waals surface area (Å²) < 4.78 is 11.0. The molecule has 1 aromatic rings. The van der Waals surface area contributed by atoms with E-state index in [0.29, 0.717) is 12.5 Å². The average molecular weight is 224 g/mol. The Hall–Kier alpha value is -0.870. The molecule has 4 nitrogen and oxygen atoms in total.